The molecule has 1 aromatic carbocycles. The monoisotopic (exact) mass is 260 g/mol. The smallest absolute Gasteiger partial charge is 0.248 e. The Labute approximate surface area is 114 Å². The second-order valence-corrected chi connectivity index (χ2v) is 4.86. The predicted octanol–water partition coefficient (Wildman–Crippen LogP) is 2.43. The van der Waals surface area contributed by atoms with Crippen molar-refractivity contribution in [2.75, 3.05) is 36.5 Å². The summed E-state index contributed by atoms with van der Waals surface area (Å²) in [5.41, 5.74) is 2.98. The van der Waals surface area contributed by atoms with E-state index in [0.717, 1.165) is 37.6 Å². The highest BCUT2D eigenvalue weighted by Crippen LogP contribution is 2.19. The molecule has 0 bridgehead atoms. The summed E-state index contributed by atoms with van der Waals surface area (Å²) in [7, 11) is 0. The number of ether oxygens (including phenoxy) is 1. The van der Waals surface area contributed by atoms with Crippen LogP contribution >= 0.6 is 0 Å². The molecule has 0 radical (unpaired) electrons. The van der Waals surface area contributed by atoms with E-state index in [2.05, 4.69) is 10.2 Å². The molecule has 0 unspecified atom stereocenters. The van der Waals surface area contributed by atoms with Crippen LogP contribution in [-0.4, -0.2) is 32.2 Å². The van der Waals surface area contributed by atoms with Gasteiger partial charge in [-0.15, -0.1) is 0 Å². The molecule has 1 aliphatic rings. The van der Waals surface area contributed by atoms with E-state index in [-0.39, 0.29) is 5.91 Å². The van der Waals surface area contributed by atoms with Gasteiger partial charge in [-0.1, -0.05) is 5.57 Å². The zero-order valence-electron chi connectivity index (χ0n) is 11.5. The Balaban J connectivity index is 1.98. The number of hydrogen-bond donors (Lipinski definition) is 1. The summed E-state index contributed by atoms with van der Waals surface area (Å²) >= 11 is 0. The van der Waals surface area contributed by atoms with Crippen molar-refractivity contribution in [2.24, 2.45) is 0 Å². The lowest BCUT2D eigenvalue weighted by molar-refractivity contribution is -0.111. The first-order valence-electron chi connectivity index (χ1n) is 6.54. The van der Waals surface area contributed by atoms with Crippen LogP contribution < -0.4 is 10.2 Å². The third-order valence-electron chi connectivity index (χ3n) is 2.93. The van der Waals surface area contributed by atoms with Crippen molar-refractivity contribution in [2.45, 2.75) is 13.8 Å². The largest absolute Gasteiger partial charge is 0.378 e. The minimum atomic E-state index is -0.0841. The molecule has 19 heavy (non-hydrogen) atoms. The number of amides is 1. The fourth-order valence-corrected chi connectivity index (χ4v) is 2.02. The summed E-state index contributed by atoms with van der Waals surface area (Å²) in [4.78, 5) is 13.9. The van der Waals surface area contributed by atoms with Crippen LogP contribution in [0.3, 0.4) is 0 Å². The third-order valence-corrected chi connectivity index (χ3v) is 2.93. The maximum Gasteiger partial charge on any atom is 0.248 e. The number of nitrogens with zero attached hydrogens (tertiary/aromatic N) is 1. The summed E-state index contributed by atoms with van der Waals surface area (Å²) in [5.74, 6) is -0.0841. The van der Waals surface area contributed by atoms with Crippen molar-refractivity contribution in [3.8, 4) is 0 Å². The van der Waals surface area contributed by atoms with Gasteiger partial charge in [0.1, 0.15) is 0 Å². The number of anilines is 2. The molecule has 4 heteroatoms. The van der Waals surface area contributed by atoms with Crippen molar-refractivity contribution in [1.29, 1.82) is 0 Å². The Morgan fingerprint density at radius 3 is 2.42 bits per heavy atom. The molecule has 0 spiro atoms. The van der Waals surface area contributed by atoms with Crippen molar-refractivity contribution in [3.63, 3.8) is 0 Å². The highest BCUT2D eigenvalue weighted by atomic mass is 16.5. The normalized spacial score (nSPS) is 14.9. The van der Waals surface area contributed by atoms with Crippen molar-refractivity contribution in [1.82, 2.24) is 0 Å². The second-order valence-electron chi connectivity index (χ2n) is 4.86. The molecule has 1 heterocycles. The molecule has 102 valence electrons. The Kier molecular flexibility index (Phi) is 4.58. The lowest BCUT2D eigenvalue weighted by Gasteiger charge is -2.28. The number of hydrogen-bond acceptors (Lipinski definition) is 3. The van der Waals surface area contributed by atoms with Crippen LogP contribution in [0, 0.1) is 0 Å². The van der Waals surface area contributed by atoms with E-state index in [0.29, 0.717) is 0 Å². The number of morpholine rings is 1. The van der Waals surface area contributed by atoms with Crippen LogP contribution in [0.4, 0.5) is 11.4 Å². The van der Waals surface area contributed by atoms with Crippen LogP contribution in [0.15, 0.2) is 35.9 Å². The molecule has 1 aromatic rings. The van der Waals surface area contributed by atoms with Gasteiger partial charge in [0.2, 0.25) is 5.91 Å². The number of nitrogens with one attached hydrogen (secondary N) is 1. The van der Waals surface area contributed by atoms with Crippen molar-refractivity contribution >= 4 is 17.3 Å². The van der Waals surface area contributed by atoms with Crippen LogP contribution in [0.5, 0.6) is 0 Å². The van der Waals surface area contributed by atoms with Gasteiger partial charge in [0.25, 0.3) is 0 Å². The molecule has 1 fully saturated rings. The van der Waals surface area contributed by atoms with E-state index in [4.69, 9.17) is 4.74 Å². The minimum absolute atomic E-state index is 0.0841. The second kappa shape index (κ2) is 6.38. The lowest BCUT2D eigenvalue weighted by Crippen LogP contribution is -2.36. The summed E-state index contributed by atoms with van der Waals surface area (Å²) in [6.07, 6.45) is 1.59. The number of carbonyl (C=O) groups is 1. The fraction of sp³-hybridized carbons (Fsp3) is 0.400. The number of allylic oxidation sites excluding steroid dienone is 1. The Hall–Kier alpha value is -1.81. The van der Waals surface area contributed by atoms with Crippen LogP contribution in [0.25, 0.3) is 0 Å². The number of carbonyl (C=O) groups excluding carboxylic acids is 1. The van der Waals surface area contributed by atoms with E-state index in [1.54, 1.807) is 6.08 Å². The first-order chi connectivity index (χ1) is 9.15. The molecule has 1 saturated heterocycles. The van der Waals surface area contributed by atoms with E-state index in [9.17, 15) is 4.79 Å². The molecule has 1 aliphatic heterocycles. The van der Waals surface area contributed by atoms with E-state index >= 15 is 0 Å². The van der Waals surface area contributed by atoms with Gasteiger partial charge in [-0.05, 0) is 38.1 Å². The molecule has 1 amide bonds. The van der Waals surface area contributed by atoms with Gasteiger partial charge in [-0.25, -0.2) is 0 Å². The maximum absolute atomic E-state index is 11.6. The summed E-state index contributed by atoms with van der Waals surface area (Å²) in [6.45, 7) is 7.20. The van der Waals surface area contributed by atoms with Crippen molar-refractivity contribution < 1.29 is 9.53 Å². The summed E-state index contributed by atoms with van der Waals surface area (Å²) in [5, 5.41) is 2.84. The van der Waals surface area contributed by atoms with Gasteiger partial charge >= 0.3 is 0 Å². The highest BCUT2D eigenvalue weighted by molar-refractivity contribution is 5.99. The Morgan fingerprint density at radius 2 is 1.84 bits per heavy atom. The first kappa shape index (κ1) is 13.6. The first-order valence-corrected chi connectivity index (χ1v) is 6.54. The quantitative estimate of drug-likeness (QED) is 0.849. The molecule has 0 saturated carbocycles. The van der Waals surface area contributed by atoms with Gasteiger partial charge in [-0.2, -0.15) is 0 Å². The molecular weight excluding hydrogens is 240 g/mol. The van der Waals surface area contributed by atoms with Crippen LogP contribution in [0.1, 0.15) is 13.8 Å². The summed E-state index contributed by atoms with van der Waals surface area (Å²) < 4.78 is 5.33. The Bertz CT molecular complexity index is 456. The fourth-order valence-electron chi connectivity index (χ4n) is 2.02. The number of benzene rings is 1. The molecule has 0 aromatic heterocycles. The van der Waals surface area contributed by atoms with Gasteiger partial charge < -0.3 is 15.0 Å². The van der Waals surface area contributed by atoms with Gasteiger partial charge in [0, 0.05) is 30.5 Å². The van der Waals surface area contributed by atoms with Crippen LogP contribution in [0.2, 0.25) is 0 Å². The average molecular weight is 260 g/mol. The highest BCUT2D eigenvalue weighted by Gasteiger charge is 2.10. The zero-order valence-corrected chi connectivity index (χ0v) is 11.5. The predicted molar refractivity (Wildman–Crippen MR) is 77.5 cm³/mol. The van der Waals surface area contributed by atoms with E-state index in [1.165, 1.54) is 5.69 Å². The standard InChI is InChI=1S/C15H20N2O2/c1-12(2)11-15(18)16-13-3-5-14(6-4-13)17-7-9-19-10-8-17/h3-6,11H,7-10H2,1-2H3,(H,16,18). The van der Waals surface area contributed by atoms with Crippen LogP contribution in [-0.2, 0) is 9.53 Å². The van der Waals surface area contributed by atoms with Gasteiger partial charge in [-0.3, -0.25) is 4.79 Å². The average Bonchev–Trinajstić information content (AvgIpc) is 2.39. The molecule has 0 aliphatic carbocycles. The van der Waals surface area contributed by atoms with Gasteiger partial charge in [0.15, 0.2) is 0 Å². The van der Waals surface area contributed by atoms with Crippen molar-refractivity contribution in [3.05, 3.63) is 35.9 Å². The van der Waals surface area contributed by atoms with Gasteiger partial charge in [0.05, 0.1) is 13.2 Å². The molecular formula is C15H20N2O2. The number of rotatable bonds is 3. The maximum atomic E-state index is 11.6. The minimum Gasteiger partial charge on any atom is -0.378 e. The van der Waals surface area contributed by atoms with E-state index < -0.39 is 0 Å². The molecule has 0 atom stereocenters. The molecule has 1 N–H and O–H groups in total. The topological polar surface area (TPSA) is 41.6 Å². The lowest BCUT2D eigenvalue weighted by atomic mass is 10.2. The Morgan fingerprint density at radius 1 is 1.21 bits per heavy atom. The SMILES string of the molecule is CC(C)=CC(=O)Nc1ccc(N2CCOCC2)cc1. The molecule has 2 rings (SSSR count). The molecule has 4 nitrogen and oxygen atoms in total. The third kappa shape index (κ3) is 4.10. The summed E-state index contributed by atoms with van der Waals surface area (Å²) in [6, 6.07) is 7.93. The van der Waals surface area contributed by atoms with E-state index in [1.807, 2.05) is 38.1 Å². The zero-order chi connectivity index (χ0) is 13.7.